The lowest BCUT2D eigenvalue weighted by atomic mass is 10.1. The quantitative estimate of drug-likeness (QED) is 0.754. The first kappa shape index (κ1) is 16.9. The zero-order valence-electron chi connectivity index (χ0n) is 14.0. The lowest BCUT2D eigenvalue weighted by Gasteiger charge is -2.22. The minimum absolute atomic E-state index is 0.0888. The second-order valence-electron chi connectivity index (χ2n) is 6.56. The summed E-state index contributed by atoms with van der Waals surface area (Å²) < 4.78 is 5.24. The van der Waals surface area contributed by atoms with E-state index < -0.39 is 11.7 Å². The highest BCUT2D eigenvalue weighted by Crippen LogP contribution is 2.23. The van der Waals surface area contributed by atoms with E-state index in [0.717, 1.165) is 16.6 Å². The van der Waals surface area contributed by atoms with E-state index >= 15 is 0 Å². The molecule has 124 valence electrons. The van der Waals surface area contributed by atoms with Gasteiger partial charge in [0.25, 0.3) is 0 Å². The number of pyridine rings is 1. The van der Waals surface area contributed by atoms with Crippen LogP contribution in [-0.2, 0) is 4.74 Å². The summed E-state index contributed by atoms with van der Waals surface area (Å²) in [6.45, 7) is 7.98. The van der Waals surface area contributed by atoms with E-state index in [1.165, 1.54) is 0 Å². The summed E-state index contributed by atoms with van der Waals surface area (Å²) in [5.41, 5.74) is 7.83. The largest absolute Gasteiger partial charge is 0.444 e. The van der Waals surface area contributed by atoms with E-state index in [1.807, 2.05) is 52.0 Å². The number of benzene rings is 1. The van der Waals surface area contributed by atoms with Crippen molar-refractivity contribution in [3.63, 3.8) is 0 Å². The van der Waals surface area contributed by atoms with E-state index in [9.17, 15) is 4.79 Å². The van der Waals surface area contributed by atoms with Gasteiger partial charge in [0.05, 0.1) is 5.52 Å². The van der Waals surface area contributed by atoms with Crippen molar-refractivity contribution in [2.45, 2.75) is 39.3 Å². The van der Waals surface area contributed by atoms with Crippen molar-refractivity contribution in [3.05, 3.63) is 30.5 Å². The van der Waals surface area contributed by atoms with Crippen LogP contribution in [0.1, 0.15) is 27.7 Å². The molecule has 0 bridgehead atoms. The third-order valence-electron chi connectivity index (χ3n) is 3.13. The third-order valence-corrected chi connectivity index (χ3v) is 3.13. The van der Waals surface area contributed by atoms with Crippen molar-refractivity contribution >= 4 is 28.4 Å². The molecule has 1 atom stereocenters. The van der Waals surface area contributed by atoms with Crippen molar-refractivity contribution in [3.8, 4) is 0 Å². The summed E-state index contributed by atoms with van der Waals surface area (Å²) in [7, 11) is 0. The molecule has 2 rings (SSSR count). The van der Waals surface area contributed by atoms with Crippen LogP contribution in [-0.4, -0.2) is 29.3 Å². The van der Waals surface area contributed by atoms with Gasteiger partial charge in [-0.15, -0.1) is 0 Å². The molecule has 0 fully saturated rings. The van der Waals surface area contributed by atoms with Crippen LogP contribution in [0.25, 0.3) is 10.9 Å². The Morgan fingerprint density at radius 3 is 2.78 bits per heavy atom. The second kappa shape index (κ2) is 6.73. The summed E-state index contributed by atoms with van der Waals surface area (Å²) in [5.74, 6) is 0. The lowest BCUT2D eigenvalue weighted by Crippen LogP contribution is -2.40. The first-order chi connectivity index (χ1) is 10.7. The number of rotatable bonds is 4. The second-order valence-corrected chi connectivity index (χ2v) is 6.56. The van der Waals surface area contributed by atoms with Crippen LogP contribution in [0.2, 0.25) is 0 Å². The lowest BCUT2D eigenvalue weighted by molar-refractivity contribution is 0.0511. The normalized spacial score (nSPS) is 12.7. The number of carbonyl (C=O) groups is 1. The van der Waals surface area contributed by atoms with Gasteiger partial charge in [0.15, 0.2) is 0 Å². The fourth-order valence-corrected chi connectivity index (χ4v) is 2.14. The van der Waals surface area contributed by atoms with Crippen LogP contribution < -0.4 is 16.4 Å². The Kier molecular flexibility index (Phi) is 4.93. The highest BCUT2D eigenvalue weighted by molar-refractivity contribution is 5.93. The molecule has 0 aliphatic carbocycles. The Morgan fingerprint density at radius 2 is 2.09 bits per heavy atom. The summed E-state index contributed by atoms with van der Waals surface area (Å²) in [6, 6.07) is 7.40. The average molecular weight is 316 g/mol. The zero-order chi connectivity index (χ0) is 17.0. The number of alkyl carbamates (subject to hydrolysis) is 1. The molecular formula is C17H24N4O2. The molecule has 0 saturated heterocycles. The number of nitrogens with one attached hydrogen (secondary N) is 2. The topological polar surface area (TPSA) is 89.3 Å². The Balaban J connectivity index is 1.98. The van der Waals surface area contributed by atoms with Crippen molar-refractivity contribution in [1.29, 1.82) is 0 Å². The molecule has 0 saturated carbocycles. The number of hydrogen-bond acceptors (Lipinski definition) is 5. The molecule has 0 radical (unpaired) electrons. The van der Waals surface area contributed by atoms with Gasteiger partial charge in [-0.05, 0) is 52.0 Å². The summed E-state index contributed by atoms with van der Waals surface area (Å²) in [4.78, 5) is 16.1. The Labute approximate surface area is 136 Å². The molecule has 1 amide bonds. The highest BCUT2D eigenvalue weighted by atomic mass is 16.6. The van der Waals surface area contributed by atoms with Gasteiger partial charge in [-0.1, -0.05) is 0 Å². The van der Waals surface area contributed by atoms with E-state index in [4.69, 9.17) is 10.5 Å². The Morgan fingerprint density at radius 1 is 1.35 bits per heavy atom. The summed E-state index contributed by atoms with van der Waals surface area (Å²) in [6.07, 6.45) is 1.32. The Bertz CT molecular complexity index is 695. The van der Waals surface area contributed by atoms with Gasteiger partial charge < -0.3 is 21.1 Å². The fraction of sp³-hybridized carbons (Fsp3) is 0.412. The van der Waals surface area contributed by atoms with Gasteiger partial charge in [-0.2, -0.15) is 0 Å². The van der Waals surface area contributed by atoms with Gasteiger partial charge in [-0.3, -0.25) is 4.98 Å². The number of carbonyl (C=O) groups excluding carboxylic acids is 1. The molecule has 6 heteroatoms. The summed E-state index contributed by atoms with van der Waals surface area (Å²) in [5, 5.41) is 7.07. The van der Waals surface area contributed by atoms with Crippen LogP contribution in [0.4, 0.5) is 16.2 Å². The van der Waals surface area contributed by atoms with Crippen LogP contribution in [0.5, 0.6) is 0 Å². The van der Waals surface area contributed by atoms with Gasteiger partial charge >= 0.3 is 6.09 Å². The minimum atomic E-state index is -0.504. The van der Waals surface area contributed by atoms with Crippen LogP contribution in [0.15, 0.2) is 30.5 Å². The first-order valence-electron chi connectivity index (χ1n) is 7.62. The maximum atomic E-state index is 11.7. The SMILES string of the molecule is CC(CNc1ccnc2ccc(N)cc12)NC(=O)OC(C)(C)C. The van der Waals surface area contributed by atoms with Gasteiger partial charge in [0.1, 0.15) is 5.60 Å². The molecule has 1 heterocycles. The predicted octanol–water partition coefficient (Wildman–Crippen LogP) is 3.14. The number of nitrogen functional groups attached to an aromatic ring is 1. The van der Waals surface area contributed by atoms with Gasteiger partial charge in [0.2, 0.25) is 0 Å². The molecule has 6 nitrogen and oxygen atoms in total. The number of fused-ring (bicyclic) bond motifs is 1. The molecule has 0 aliphatic rings. The first-order valence-corrected chi connectivity index (χ1v) is 7.62. The molecule has 4 N–H and O–H groups in total. The zero-order valence-corrected chi connectivity index (χ0v) is 14.0. The van der Waals surface area contributed by atoms with E-state index in [0.29, 0.717) is 12.2 Å². The number of anilines is 2. The predicted molar refractivity (Wildman–Crippen MR) is 93.5 cm³/mol. The monoisotopic (exact) mass is 316 g/mol. The van der Waals surface area contributed by atoms with Crippen molar-refractivity contribution in [1.82, 2.24) is 10.3 Å². The van der Waals surface area contributed by atoms with Crippen molar-refractivity contribution < 1.29 is 9.53 Å². The average Bonchev–Trinajstić information content (AvgIpc) is 2.42. The number of nitrogens with zero attached hydrogens (tertiary/aromatic N) is 1. The molecule has 23 heavy (non-hydrogen) atoms. The number of ether oxygens (including phenoxy) is 1. The van der Waals surface area contributed by atoms with Crippen molar-refractivity contribution in [2.75, 3.05) is 17.6 Å². The maximum Gasteiger partial charge on any atom is 0.407 e. The van der Waals surface area contributed by atoms with E-state index in [1.54, 1.807) is 6.20 Å². The van der Waals surface area contributed by atoms with Gasteiger partial charge in [-0.25, -0.2) is 4.79 Å². The molecule has 2 aromatic rings. The fourth-order valence-electron chi connectivity index (χ4n) is 2.14. The van der Waals surface area contributed by atoms with E-state index in [2.05, 4.69) is 15.6 Å². The number of aromatic nitrogens is 1. The van der Waals surface area contributed by atoms with Crippen molar-refractivity contribution in [2.24, 2.45) is 0 Å². The van der Waals surface area contributed by atoms with Crippen LogP contribution >= 0.6 is 0 Å². The van der Waals surface area contributed by atoms with E-state index in [-0.39, 0.29) is 6.04 Å². The number of amides is 1. The molecule has 1 aromatic carbocycles. The minimum Gasteiger partial charge on any atom is -0.444 e. The van der Waals surface area contributed by atoms with Crippen LogP contribution in [0.3, 0.4) is 0 Å². The van der Waals surface area contributed by atoms with Crippen LogP contribution in [0, 0.1) is 0 Å². The maximum absolute atomic E-state index is 11.7. The highest BCUT2D eigenvalue weighted by Gasteiger charge is 2.17. The molecule has 1 aromatic heterocycles. The smallest absolute Gasteiger partial charge is 0.407 e. The number of nitrogens with two attached hydrogens (primary N) is 1. The number of hydrogen-bond donors (Lipinski definition) is 3. The van der Waals surface area contributed by atoms with Gasteiger partial charge in [0, 0.05) is 35.5 Å². The molecule has 1 unspecified atom stereocenters. The Hall–Kier alpha value is -2.50. The molecular weight excluding hydrogens is 292 g/mol. The standard InChI is InChI=1S/C17H24N4O2/c1-11(21-16(22)23-17(2,3)4)10-20-15-7-8-19-14-6-5-12(18)9-13(14)15/h5-9,11H,10,18H2,1-4H3,(H,19,20)(H,21,22). The third kappa shape index (κ3) is 5.02. The molecule has 0 spiro atoms. The molecule has 0 aliphatic heterocycles. The summed E-state index contributed by atoms with van der Waals surface area (Å²) >= 11 is 0.